The van der Waals surface area contributed by atoms with Crippen molar-refractivity contribution in [2.45, 2.75) is 51.4 Å². The third-order valence-electron chi connectivity index (χ3n) is 7.61. The molecule has 0 nitrogen and oxygen atoms in total. The van der Waals surface area contributed by atoms with Gasteiger partial charge in [0.25, 0.3) is 0 Å². The fourth-order valence-electron chi connectivity index (χ4n) is 7.03. The molecular formula is C24H28. The standard InChI is InChI=1S/C24H28/c1-16-7-3-5-9-22(16)24(23-10-6-4-8-17(23)2)20-12-18-11-19(14-20)15-21(24)13-18/h3-10,18-21H,11-15H2,1-2H3. The van der Waals surface area contributed by atoms with Crippen molar-refractivity contribution in [3.05, 3.63) is 70.8 Å². The first-order valence-electron chi connectivity index (χ1n) is 9.81. The van der Waals surface area contributed by atoms with Crippen LogP contribution in [0.2, 0.25) is 0 Å². The highest BCUT2D eigenvalue weighted by atomic mass is 14.6. The lowest BCUT2D eigenvalue weighted by Crippen LogP contribution is -2.56. The summed E-state index contributed by atoms with van der Waals surface area (Å²) < 4.78 is 0. The van der Waals surface area contributed by atoms with Gasteiger partial charge in [-0.1, -0.05) is 48.5 Å². The van der Waals surface area contributed by atoms with Crippen molar-refractivity contribution in [2.75, 3.05) is 0 Å². The van der Waals surface area contributed by atoms with Crippen LogP contribution in [0.5, 0.6) is 0 Å². The molecule has 4 saturated carbocycles. The minimum Gasteiger partial charge on any atom is -0.0620 e. The van der Waals surface area contributed by atoms with E-state index in [0.29, 0.717) is 0 Å². The first kappa shape index (κ1) is 14.8. The molecule has 0 aromatic heterocycles. The predicted molar refractivity (Wildman–Crippen MR) is 100 cm³/mol. The molecular weight excluding hydrogens is 288 g/mol. The highest BCUT2D eigenvalue weighted by molar-refractivity contribution is 5.49. The second-order valence-corrected chi connectivity index (χ2v) is 8.80. The van der Waals surface area contributed by atoms with Crippen LogP contribution >= 0.6 is 0 Å². The first-order valence-corrected chi connectivity index (χ1v) is 9.81. The lowest BCUT2D eigenvalue weighted by atomic mass is 9.41. The molecule has 0 heteroatoms. The van der Waals surface area contributed by atoms with Crippen molar-refractivity contribution in [1.82, 2.24) is 0 Å². The van der Waals surface area contributed by atoms with E-state index >= 15 is 0 Å². The monoisotopic (exact) mass is 316 g/mol. The van der Waals surface area contributed by atoms with Gasteiger partial charge in [-0.05, 0) is 91.9 Å². The van der Waals surface area contributed by atoms with Crippen molar-refractivity contribution in [3.8, 4) is 0 Å². The van der Waals surface area contributed by atoms with Gasteiger partial charge in [0.1, 0.15) is 0 Å². The molecule has 0 aliphatic heterocycles. The highest BCUT2D eigenvalue weighted by Gasteiger charge is 2.59. The maximum Gasteiger partial charge on any atom is 0.0264 e. The van der Waals surface area contributed by atoms with Crippen LogP contribution in [0.15, 0.2) is 48.5 Å². The molecule has 6 rings (SSSR count). The van der Waals surface area contributed by atoms with Crippen molar-refractivity contribution < 1.29 is 0 Å². The third-order valence-corrected chi connectivity index (χ3v) is 7.61. The Morgan fingerprint density at radius 1 is 0.625 bits per heavy atom. The van der Waals surface area contributed by atoms with E-state index in [1.807, 2.05) is 0 Å². The quantitative estimate of drug-likeness (QED) is 0.633. The van der Waals surface area contributed by atoms with E-state index in [9.17, 15) is 0 Å². The van der Waals surface area contributed by atoms with E-state index in [1.54, 1.807) is 11.1 Å². The SMILES string of the molecule is Cc1ccccc1C1(c2ccccc2C)C2CC3CC(C2)CC1C3. The van der Waals surface area contributed by atoms with E-state index in [0.717, 1.165) is 23.7 Å². The topological polar surface area (TPSA) is 0 Å². The van der Waals surface area contributed by atoms with Crippen molar-refractivity contribution in [1.29, 1.82) is 0 Å². The Bertz CT molecular complexity index is 694. The van der Waals surface area contributed by atoms with Gasteiger partial charge in [-0.25, -0.2) is 0 Å². The van der Waals surface area contributed by atoms with Gasteiger partial charge in [0.15, 0.2) is 0 Å². The summed E-state index contributed by atoms with van der Waals surface area (Å²) >= 11 is 0. The minimum absolute atomic E-state index is 0.268. The number of hydrogen-bond acceptors (Lipinski definition) is 0. The number of aryl methyl sites for hydroxylation is 2. The second kappa shape index (κ2) is 5.22. The molecule has 0 unspecified atom stereocenters. The summed E-state index contributed by atoms with van der Waals surface area (Å²) in [5.41, 5.74) is 6.52. The van der Waals surface area contributed by atoms with Crippen molar-refractivity contribution >= 4 is 0 Å². The van der Waals surface area contributed by atoms with E-state index in [-0.39, 0.29) is 5.41 Å². The first-order chi connectivity index (χ1) is 11.7. The molecule has 0 atom stereocenters. The molecule has 0 amide bonds. The summed E-state index contributed by atoms with van der Waals surface area (Å²) in [5.74, 6) is 3.70. The average Bonchev–Trinajstić information content (AvgIpc) is 2.57. The van der Waals surface area contributed by atoms with Crippen LogP contribution in [0.3, 0.4) is 0 Å². The highest BCUT2D eigenvalue weighted by Crippen LogP contribution is 2.65. The van der Waals surface area contributed by atoms with Crippen LogP contribution in [0, 0.1) is 37.5 Å². The zero-order valence-corrected chi connectivity index (χ0v) is 15.0. The van der Waals surface area contributed by atoms with Gasteiger partial charge in [-0.3, -0.25) is 0 Å². The Balaban J connectivity index is 1.79. The Hall–Kier alpha value is -1.56. The summed E-state index contributed by atoms with van der Waals surface area (Å²) in [6.45, 7) is 4.67. The molecule has 4 fully saturated rings. The zero-order chi connectivity index (χ0) is 16.3. The average molecular weight is 316 g/mol. The van der Waals surface area contributed by atoms with Crippen molar-refractivity contribution in [3.63, 3.8) is 0 Å². The van der Waals surface area contributed by atoms with Gasteiger partial charge < -0.3 is 0 Å². The smallest absolute Gasteiger partial charge is 0.0264 e. The molecule has 0 heterocycles. The van der Waals surface area contributed by atoms with Gasteiger partial charge >= 0.3 is 0 Å². The van der Waals surface area contributed by atoms with Crippen molar-refractivity contribution in [2.24, 2.45) is 23.7 Å². The van der Waals surface area contributed by atoms with Crippen LogP contribution in [0.1, 0.15) is 54.4 Å². The molecule has 24 heavy (non-hydrogen) atoms. The summed E-state index contributed by atoms with van der Waals surface area (Å²) in [4.78, 5) is 0. The Morgan fingerprint density at radius 2 is 1.04 bits per heavy atom. The van der Waals surface area contributed by atoms with E-state index < -0.39 is 0 Å². The van der Waals surface area contributed by atoms with Gasteiger partial charge in [0.05, 0.1) is 0 Å². The lowest BCUT2D eigenvalue weighted by Gasteiger charge is -2.62. The molecule has 0 spiro atoms. The van der Waals surface area contributed by atoms with Crippen LogP contribution in [-0.4, -0.2) is 0 Å². The van der Waals surface area contributed by atoms with Crippen LogP contribution < -0.4 is 0 Å². The number of rotatable bonds is 2. The fourth-order valence-corrected chi connectivity index (χ4v) is 7.03. The Labute approximate surface area is 146 Å². The number of hydrogen-bond donors (Lipinski definition) is 0. The molecule has 0 saturated heterocycles. The Kier molecular flexibility index (Phi) is 3.21. The van der Waals surface area contributed by atoms with Crippen LogP contribution in [-0.2, 0) is 5.41 Å². The molecule has 4 aliphatic carbocycles. The zero-order valence-electron chi connectivity index (χ0n) is 15.0. The summed E-state index contributed by atoms with van der Waals surface area (Å²) in [6, 6.07) is 18.5. The third kappa shape index (κ3) is 1.86. The molecule has 2 aromatic rings. The number of benzene rings is 2. The maximum atomic E-state index is 2.45. The predicted octanol–water partition coefficient (Wildman–Crippen LogP) is 6.05. The normalized spacial score (nSPS) is 32.9. The molecule has 4 aliphatic rings. The molecule has 124 valence electrons. The maximum absolute atomic E-state index is 2.45. The van der Waals surface area contributed by atoms with Gasteiger partial charge in [-0.15, -0.1) is 0 Å². The van der Waals surface area contributed by atoms with E-state index in [2.05, 4.69) is 62.4 Å². The van der Waals surface area contributed by atoms with Gasteiger partial charge in [-0.2, -0.15) is 0 Å². The van der Waals surface area contributed by atoms with Crippen LogP contribution in [0.25, 0.3) is 0 Å². The summed E-state index contributed by atoms with van der Waals surface area (Å²) in [6.07, 6.45) is 7.33. The lowest BCUT2D eigenvalue weighted by molar-refractivity contribution is -0.0423. The molecule has 0 radical (unpaired) electrons. The minimum atomic E-state index is 0.268. The second-order valence-electron chi connectivity index (χ2n) is 8.80. The molecule has 4 bridgehead atoms. The molecule has 2 aromatic carbocycles. The summed E-state index contributed by atoms with van der Waals surface area (Å²) in [7, 11) is 0. The van der Waals surface area contributed by atoms with Gasteiger partial charge in [0.2, 0.25) is 0 Å². The van der Waals surface area contributed by atoms with Crippen LogP contribution in [0.4, 0.5) is 0 Å². The van der Waals surface area contributed by atoms with Gasteiger partial charge in [0, 0.05) is 5.41 Å². The Morgan fingerprint density at radius 3 is 1.46 bits per heavy atom. The van der Waals surface area contributed by atoms with E-state index in [4.69, 9.17) is 0 Å². The van der Waals surface area contributed by atoms with E-state index in [1.165, 1.54) is 43.2 Å². The summed E-state index contributed by atoms with van der Waals surface area (Å²) in [5, 5.41) is 0. The largest absolute Gasteiger partial charge is 0.0620 e. The fraction of sp³-hybridized carbons (Fsp3) is 0.500. The molecule has 0 N–H and O–H groups in total.